The highest BCUT2D eigenvalue weighted by atomic mass is 127. The van der Waals surface area contributed by atoms with Crippen molar-refractivity contribution in [3.8, 4) is 0 Å². The van der Waals surface area contributed by atoms with Gasteiger partial charge >= 0.3 is 0 Å². The van der Waals surface area contributed by atoms with Crippen LogP contribution in [0.2, 0.25) is 5.02 Å². The average Bonchev–Trinajstić information content (AvgIpc) is 3.19. The summed E-state index contributed by atoms with van der Waals surface area (Å²) >= 11 is 6.27. The minimum absolute atomic E-state index is 0. The van der Waals surface area contributed by atoms with Crippen molar-refractivity contribution in [3.05, 3.63) is 58.7 Å². The maximum absolute atomic E-state index is 6.27. The SMILES string of the molecule is CCOCc1ccc(CNC(=NC)NC2CCN(c3ncccc3Cl)C2)cc1.I. The van der Waals surface area contributed by atoms with Gasteiger partial charge in [-0.1, -0.05) is 35.9 Å². The van der Waals surface area contributed by atoms with Crippen molar-refractivity contribution in [2.24, 2.45) is 4.99 Å². The highest BCUT2D eigenvalue weighted by Gasteiger charge is 2.25. The summed E-state index contributed by atoms with van der Waals surface area (Å²) in [6.45, 7) is 5.89. The second kappa shape index (κ2) is 12.2. The number of aromatic nitrogens is 1. The van der Waals surface area contributed by atoms with Gasteiger partial charge in [0.05, 0.1) is 11.6 Å². The number of benzene rings is 1. The van der Waals surface area contributed by atoms with E-state index < -0.39 is 0 Å². The first kappa shape index (κ1) is 23.7. The number of halogens is 2. The van der Waals surface area contributed by atoms with Crippen molar-refractivity contribution in [3.63, 3.8) is 0 Å². The molecule has 8 heteroatoms. The lowest BCUT2D eigenvalue weighted by atomic mass is 10.1. The van der Waals surface area contributed by atoms with Gasteiger partial charge in [0, 0.05) is 45.5 Å². The summed E-state index contributed by atoms with van der Waals surface area (Å²) < 4.78 is 5.44. The molecule has 0 radical (unpaired) electrons. The van der Waals surface area contributed by atoms with Crippen molar-refractivity contribution < 1.29 is 4.74 Å². The van der Waals surface area contributed by atoms with E-state index in [2.05, 4.69) is 49.8 Å². The Morgan fingerprint density at radius 2 is 2.03 bits per heavy atom. The van der Waals surface area contributed by atoms with Crippen LogP contribution in [0.4, 0.5) is 5.82 Å². The Bertz CT molecular complexity index is 787. The van der Waals surface area contributed by atoms with Crippen molar-refractivity contribution in [2.45, 2.75) is 32.5 Å². The lowest BCUT2D eigenvalue weighted by molar-refractivity contribution is 0.134. The summed E-state index contributed by atoms with van der Waals surface area (Å²) in [5.74, 6) is 1.65. The normalized spacial score (nSPS) is 16.4. The molecule has 0 saturated carbocycles. The fourth-order valence-electron chi connectivity index (χ4n) is 3.23. The number of pyridine rings is 1. The van der Waals surface area contributed by atoms with Crippen LogP contribution in [0.25, 0.3) is 0 Å². The molecule has 2 aromatic rings. The van der Waals surface area contributed by atoms with Gasteiger partial charge in [-0.25, -0.2) is 4.98 Å². The number of hydrogen-bond donors (Lipinski definition) is 2. The number of rotatable bonds is 7. The summed E-state index contributed by atoms with van der Waals surface area (Å²) in [6.07, 6.45) is 2.79. The molecule has 2 heterocycles. The van der Waals surface area contributed by atoms with Crippen LogP contribution in [0.15, 0.2) is 47.6 Å². The van der Waals surface area contributed by atoms with Crippen molar-refractivity contribution >= 4 is 47.4 Å². The third-order valence-corrected chi connectivity index (χ3v) is 5.04. The highest BCUT2D eigenvalue weighted by molar-refractivity contribution is 14.0. The molecule has 1 aliphatic rings. The molecule has 0 bridgehead atoms. The zero-order valence-corrected chi connectivity index (χ0v) is 20.0. The quantitative estimate of drug-likeness (QED) is 0.324. The molecule has 0 amide bonds. The van der Waals surface area contributed by atoms with Gasteiger partial charge in [-0.2, -0.15) is 0 Å². The first-order valence-corrected chi connectivity index (χ1v) is 10.1. The standard InChI is InChI=1S/C21H28ClN5O.HI/c1-3-28-15-17-8-6-16(7-9-17)13-25-21(23-2)26-18-10-12-27(14-18)20-19(22)5-4-11-24-20;/h4-9,11,18H,3,10,12-15H2,1-2H3,(H2,23,25,26);1H. The van der Waals surface area contributed by atoms with E-state index in [-0.39, 0.29) is 24.0 Å². The van der Waals surface area contributed by atoms with E-state index in [1.807, 2.05) is 19.1 Å². The Balaban J connectivity index is 0.00000300. The summed E-state index contributed by atoms with van der Waals surface area (Å²) in [7, 11) is 1.79. The fraction of sp³-hybridized carbons (Fsp3) is 0.429. The van der Waals surface area contributed by atoms with Crippen molar-refractivity contribution in [1.29, 1.82) is 0 Å². The average molecular weight is 530 g/mol. The van der Waals surface area contributed by atoms with Crippen LogP contribution in [0.5, 0.6) is 0 Å². The molecule has 1 fully saturated rings. The van der Waals surface area contributed by atoms with Gasteiger partial charge in [0.2, 0.25) is 0 Å². The molecule has 0 aliphatic carbocycles. The second-order valence-corrected chi connectivity index (χ2v) is 7.17. The van der Waals surface area contributed by atoms with Gasteiger partial charge < -0.3 is 20.3 Å². The molecule has 6 nitrogen and oxygen atoms in total. The molecule has 1 atom stereocenters. The number of nitrogens with zero attached hydrogens (tertiary/aromatic N) is 3. The molecular formula is C21H29ClIN5O. The van der Waals surface area contributed by atoms with Crippen molar-refractivity contribution in [2.75, 3.05) is 31.6 Å². The van der Waals surface area contributed by atoms with Crippen LogP contribution in [0.3, 0.4) is 0 Å². The monoisotopic (exact) mass is 529 g/mol. The fourth-order valence-corrected chi connectivity index (χ4v) is 3.47. The molecule has 1 aromatic carbocycles. The van der Waals surface area contributed by atoms with Crippen LogP contribution in [0, 0.1) is 0 Å². The molecule has 158 valence electrons. The van der Waals surface area contributed by atoms with Crippen LogP contribution in [-0.2, 0) is 17.9 Å². The molecule has 1 aliphatic heterocycles. The van der Waals surface area contributed by atoms with Gasteiger partial charge in [-0.3, -0.25) is 4.99 Å². The smallest absolute Gasteiger partial charge is 0.191 e. The van der Waals surface area contributed by atoms with Gasteiger partial charge in [0.25, 0.3) is 0 Å². The first-order chi connectivity index (χ1) is 13.7. The minimum atomic E-state index is 0. The van der Waals surface area contributed by atoms with Crippen LogP contribution in [-0.4, -0.2) is 43.7 Å². The largest absolute Gasteiger partial charge is 0.377 e. The number of nitrogens with one attached hydrogen (secondary N) is 2. The van der Waals surface area contributed by atoms with E-state index in [0.717, 1.165) is 44.4 Å². The summed E-state index contributed by atoms with van der Waals surface area (Å²) in [4.78, 5) is 11.0. The molecule has 2 N–H and O–H groups in total. The predicted molar refractivity (Wildman–Crippen MR) is 130 cm³/mol. The lowest BCUT2D eigenvalue weighted by Crippen LogP contribution is -2.44. The third-order valence-electron chi connectivity index (χ3n) is 4.75. The summed E-state index contributed by atoms with van der Waals surface area (Å²) in [5, 5.41) is 7.58. The van der Waals surface area contributed by atoms with E-state index in [1.54, 1.807) is 13.2 Å². The lowest BCUT2D eigenvalue weighted by Gasteiger charge is -2.20. The second-order valence-electron chi connectivity index (χ2n) is 6.76. The maximum atomic E-state index is 6.27. The zero-order valence-electron chi connectivity index (χ0n) is 16.9. The molecular weight excluding hydrogens is 501 g/mol. The van der Waals surface area contributed by atoms with Gasteiger partial charge in [-0.05, 0) is 36.6 Å². The van der Waals surface area contributed by atoms with Gasteiger partial charge in [0.1, 0.15) is 5.82 Å². The molecule has 3 rings (SSSR count). The van der Waals surface area contributed by atoms with E-state index >= 15 is 0 Å². The van der Waals surface area contributed by atoms with Crippen LogP contribution >= 0.6 is 35.6 Å². The van der Waals surface area contributed by atoms with E-state index in [4.69, 9.17) is 16.3 Å². The number of guanidine groups is 1. The topological polar surface area (TPSA) is 61.8 Å². The Hall–Kier alpha value is -1.58. The molecule has 29 heavy (non-hydrogen) atoms. The maximum Gasteiger partial charge on any atom is 0.191 e. The van der Waals surface area contributed by atoms with Crippen LogP contribution < -0.4 is 15.5 Å². The van der Waals surface area contributed by atoms with Gasteiger partial charge in [-0.15, -0.1) is 24.0 Å². The zero-order chi connectivity index (χ0) is 19.8. The highest BCUT2D eigenvalue weighted by Crippen LogP contribution is 2.25. The first-order valence-electron chi connectivity index (χ1n) is 9.67. The predicted octanol–water partition coefficient (Wildman–Crippen LogP) is 3.83. The van der Waals surface area contributed by atoms with Crippen molar-refractivity contribution in [1.82, 2.24) is 15.6 Å². The van der Waals surface area contributed by atoms with Crippen LogP contribution in [0.1, 0.15) is 24.5 Å². The van der Waals surface area contributed by atoms with E-state index in [9.17, 15) is 0 Å². The molecule has 1 unspecified atom stereocenters. The number of aliphatic imine (C=N–C) groups is 1. The Morgan fingerprint density at radius 1 is 1.28 bits per heavy atom. The molecule has 1 saturated heterocycles. The number of anilines is 1. The summed E-state index contributed by atoms with van der Waals surface area (Å²) in [5.41, 5.74) is 2.39. The Kier molecular flexibility index (Phi) is 9.96. The molecule has 0 spiro atoms. The Morgan fingerprint density at radius 3 is 2.72 bits per heavy atom. The number of ether oxygens (including phenoxy) is 1. The minimum Gasteiger partial charge on any atom is -0.377 e. The van der Waals surface area contributed by atoms with E-state index in [1.165, 1.54) is 11.1 Å². The Labute approximate surface area is 195 Å². The summed E-state index contributed by atoms with van der Waals surface area (Å²) in [6, 6.07) is 12.5. The number of hydrogen-bond acceptors (Lipinski definition) is 4. The molecule has 1 aromatic heterocycles. The van der Waals surface area contributed by atoms with Gasteiger partial charge in [0.15, 0.2) is 5.96 Å². The van der Waals surface area contributed by atoms with E-state index in [0.29, 0.717) is 17.7 Å². The third kappa shape index (κ3) is 7.01.